The Morgan fingerprint density at radius 1 is 1.32 bits per heavy atom. The molecule has 1 aromatic carbocycles. The lowest BCUT2D eigenvalue weighted by molar-refractivity contribution is -0.382. The second kappa shape index (κ2) is 4.25. The average Bonchev–Trinajstić information content (AvgIpc) is 2.38. The lowest BCUT2D eigenvalue weighted by atomic mass is 10.2. The number of aromatic nitrogens is 1. The molecule has 0 saturated heterocycles. The van der Waals surface area contributed by atoms with E-state index in [2.05, 4.69) is 4.98 Å². The molecule has 0 aliphatic heterocycles. The largest absolute Gasteiger partial charge is 0.288 e. The van der Waals surface area contributed by atoms with Gasteiger partial charge in [0.2, 0.25) is 0 Å². The van der Waals surface area contributed by atoms with Crippen molar-refractivity contribution in [2.75, 3.05) is 0 Å². The van der Waals surface area contributed by atoms with Gasteiger partial charge in [0.1, 0.15) is 4.70 Å². The predicted molar refractivity (Wildman–Crippen MR) is 75.1 cm³/mol. The van der Waals surface area contributed by atoms with Gasteiger partial charge in [0.25, 0.3) is 5.69 Å². The van der Waals surface area contributed by atoms with Gasteiger partial charge in [-0.25, -0.2) is 0 Å². The van der Waals surface area contributed by atoms with E-state index in [9.17, 15) is 14.9 Å². The molecule has 2 heterocycles. The summed E-state index contributed by atoms with van der Waals surface area (Å²) in [6.07, 6.45) is 3.03. The van der Waals surface area contributed by atoms with Gasteiger partial charge in [0, 0.05) is 23.8 Å². The smallest absolute Gasteiger partial charge is 0.287 e. The van der Waals surface area contributed by atoms with Crippen LogP contribution in [0.15, 0.2) is 35.4 Å². The third-order valence-corrected chi connectivity index (χ3v) is 4.23. The molecule has 2 aromatic heterocycles. The summed E-state index contributed by atoms with van der Waals surface area (Å²) in [5.74, 6) is 0. The van der Waals surface area contributed by atoms with Crippen molar-refractivity contribution < 1.29 is 4.92 Å². The molecule has 19 heavy (non-hydrogen) atoms. The van der Waals surface area contributed by atoms with Crippen molar-refractivity contribution >= 4 is 48.8 Å². The van der Waals surface area contributed by atoms with E-state index in [1.807, 2.05) is 0 Å². The monoisotopic (exact) mass is 292 g/mol. The van der Waals surface area contributed by atoms with E-state index in [1.54, 1.807) is 6.07 Å². The van der Waals surface area contributed by atoms with E-state index in [0.29, 0.717) is 10.1 Å². The Bertz CT molecular complexity index is 891. The Hall–Kier alpha value is -2.05. The molecule has 0 amide bonds. The van der Waals surface area contributed by atoms with Crippen molar-refractivity contribution in [1.29, 1.82) is 0 Å². The molecule has 0 radical (unpaired) electrons. The number of non-ortho nitro benzene ring substituents is 1. The van der Waals surface area contributed by atoms with E-state index >= 15 is 0 Å². The summed E-state index contributed by atoms with van der Waals surface area (Å²) in [6, 6.07) is 4.27. The standard InChI is InChI=1S/C12H5ClN2O3S/c13-7-1-2-8(15(17)18)12-10(7)11(16)6-3-4-14-5-9(6)19-12/h1-5H. The molecule has 3 aromatic rings. The molecule has 0 atom stereocenters. The van der Waals surface area contributed by atoms with Crippen LogP contribution in [0.3, 0.4) is 0 Å². The van der Waals surface area contributed by atoms with Crippen molar-refractivity contribution in [2.45, 2.75) is 0 Å². The maximum Gasteiger partial charge on any atom is 0.287 e. The lowest BCUT2D eigenvalue weighted by Gasteiger charge is -2.02. The Kier molecular flexibility index (Phi) is 2.69. The van der Waals surface area contributed by atoms with Gasteiger partial charge in [-0.3, -0.25) is 19.9 Å². The minimum Gasteiger partial charge on any atom is -0.288 e. The normalized spacial score (nSPS) is 11.0. The molecule has 0 saturated carbocycles. The number of hydrogen-bond donors (Lipinski definition) is 0. The maximum absolute atomic E-state index is 12.4. The summed E-state index contributed by atoms with van der Waals surface area (Å²) in [5, 5.41) is 11.9. The minimum atomic E-state index is -0.517. The molecule has 0 fully saturated rings. The SMILES string of the molecule is O=c1c2ccncc2sc2c([N+](=O)[O-])ccc(Cl)c12. The van der Waals surface area contributed by atoms with Crippen LogP contribution in [-0.4, -0.2) is 9.91 Å². The van der Waals surface area contributed by atoms with Crippen LogP contribution < -0.4 is 5.43 Å². The summed E-state index contributed by atoms with van der Waals surface area (Å²) in [6.45, 7) is 0. The van der Waals surface area contributed by atoms with E-state index in [1.165, 1.54) is 24.5 Å². The van der Waals surface area contributed by atoms with Crippen molar-refractivity contribution in [3.63, 3.8) is 0 Å². The third kappa shape index (κ3) is 1.76. The van der Waals surface area contributed by atoms with Crippen molar-refractivity contribution in [1.82, 2.24) is 4.98 Å². The molecular formula is C12H5ClN2O3S. The number of nitro benzene ring substituents is 1. The number of nitrogens with zero attached hydrogens (tertiary/aromatic N) is 2. The van der Waals surface area contributed by atoms with Gasteiger partial charge in [0.15, 0.2) is 5.43 Å². The highest BCUT2D eigenvalue weighted by atomic mass is 35.5. The minimum absolute atomic E-state index is 0.118. The number of hydrogen-bond acceptors (Lipinski definition) is 5. The van der Waals surface area contributed by atoms with Gasteiger partial charge in [-0.2, -0.15) is 0 Å². The van der Waals surface area contributed by atoms with Crippen LogP contribution in [0.25, 0.3) is 20.2 Å². The number of nitro groups is 1. The van der Waals surface area contributed by atoms with Crippen LogP contribution in [0, 0.1) is 10.1 Å². The van der Waals surface area contributed by atoms with Gasteiger partial charge < -0.3 is 0 Å². The summed E-state index contributed by atoms with van der Waals surface area (Å²) < 4.78 is 0.883. The molecule has 0 aliphatic rings. The fourth-order valence-corrected chi connectivity index (χ4v) is 3.36. The second-order valence-electron chi connectivity index (χ2n) is 3.83. The lowest BCUT2D eigenvalue weighted by Crippen LogP contribution is -2.03. The number of pyridine rings is 1. The molecule has 0 unspecified atom stereocenters. The van der Waals surface area contributed by atoms with Gasteiger partial charge in [-0.1, -0.05) is 11.6 Å². The van der Waals surface area contributed by atoms with Crippen LogP contribution in [0.4, 0.5) is 5.69 Å². The highest BCUT2D eigenvalue weighted by molar-refractivity contribution is 7.25. The first kappa shape index (κ1) is 12.0. The van der Waals surface area contributed by atoms with Crippen LogP contribution in [0.1, 0.15) is 0 Å². The molecular weight excluding hydrogens is 288 g/mol. The van der Waals surface area contributed by atoms with Crippen LogP contribution in [0.5, 0.6) is 0 Å². The first-order valence-corrected chi connectivity index (χ1v) is 6.42. The van der Waals surface area contributed by atoms with Crippen LogP contribution >= 0.6 is 22.9 Å². The average molecular weight is 293 g/mol. The number of rotatable bonds is 1. The van der Waals surface area contributed by atoms with E-state index in [-0.39, 0.29) is 26.2 Å². The molecule has 7 heteroatoms. The second-order valence-corrected chi connectivity index (χ2v) is 5.29. The number of halogens is 1. The molecule has 0 bridgehead atoms. The van der Waals surface area contributed by atoms with Crippen molar-refractivity contribution in [3.8, 4) is 0 Å². The Morgan fingerprint density at radius 3 is 2.84 bits per heavy atom. The van der Waals surface area contributed by atoms with Crippen LogP contribution in [0.2, 0.25) is 5.02 Å². The highest BCUT2D eigenvalue weighted by Gasteiger charge is 2.18. The van der Waals surface area contributed by atoms with E-state index in [0.717, 1.165) is 11.3 Å². The van der Waals surface area contributed by atoms with E-state index in [4.69, 9.17) is 11.6 Å². The van der Waals surface area contributed by atoms with Gasteiger partial charge in [-0.05, 0) is 12.1 Å². The fourth-order valence-electron chi connectivity index (χ4n) is 1.90. The number of benzene rings is 1. The Balaban J connectivity index is 2.64. The zero-order valence-electron chi connectivity index (χ0n) is 9.29. The zero-order valence-corrected chi connectivity index (χ0v) is 10.9. The fraction of sp³-hybridized carbons (Fsp3) is 0. The Morgan fingerprint density at radius 2 is 2.11 bits per heavy atom. The summed E-state index contributed by atoms with van der Waals surface area (Å²) in [7, 11) is 0. The quantitative estimate of drug-likeness (QED) is 0.391. The maximum atomic E-state index is 12.4. The molecule has 0 spiro atoms. The van der Waals surface area contributed by atoms with E-state index < -0.39 is 4.92 Å². The van der Waals surface area contributed by atoms with Crippen molar-refractivity contribution in [2.24, 2.45) is 0 Å². The molecule has 0 N–H and O–H groups in total. The van der Waals surface area contributed by atoms with Crippen LogP contribution in [-0.2, 0) is 0 Å². The Labute approximate surface area is 115 Å². The summed E-state index contributed by atoms with van der Waals surface area (Å²) >= 11 is 7.15. The first-order chi connectivity index (χ1) is 9.09. The van der Waals surface area contributed by atoms with Gasteiger partial charge in [-0.15, -0.1) is 11.3 Å². The predicted octanol–water partition coefficient (Wildman–Crippen LogP) is 3.37. The molecule has 94 valence electrons. The van der Waals surface area contributed by atoms with Gasteiger partial charge in [0.05, 0.1) is 20.0 Å². The third-order valence-electron chi connectivity index (χ3n) is 2.75. The van der Waals surface area contributed by atoms with Crippen molar-refractivity contribution in [3.05, 3.63) is 56.0 Å². The zero-order chi connectivity index (χ0) is 13.6. The molecule has 0 aliphatic carbocycles. The highest BCUT2D eigenvalue weighted by Crippen LogP contribution is 2.35. The summed E-state index contributed by atoms with van der Waals surface area (Å²) in [5.41, 5.74) is -0.424. The number of fused-ring (bicyclic) bond motifs is 2. The van der Waals surface area contributed by atoms with Gasteiger partial charge >= 0.3 is 0 Å². The first-order valence-electron chi connectivity index (χ1n) is 5.23. The topological polar surface area (TPSA) is 73.1 Å². The molecule has 5 nitrogen and oxygen atoms in total. The molecule has 3 rings (SSSR count). The summed E-state index contributed by atoms with van der Waals surface area (Å²) in [4.78, 5) is 26.8.